The lowest BCUT2D eigenvalue weighted by molar-refractivity contribution is 0.769. The van der Waals surface area contributed by atoms with Gasteiger partial charge in [-0.05, 0) is 90.7 Å². The largest absolute Gasteiger partial charge is 0.327 e. The quantitative estimate of drug-likeness (QED) is 0.181. The van der Waals surface area contributed by atoms with Crippen LogP contribution in [0.1, 0.15) is 22.3 Å². The normalized spacial score (nSPS) is 13.0. The first-order chi connectivity index (χ1) is 25.2. The zero-order chi connectivity index (χ0) is 33.9. The monoisotopic (exact) mass is 650 g/mol. The average molecular weight is 651 g/mol. The molecular formula is C49H34N2. The predicted molar refractivity (Wildman–Crippen MR) is 212 cm³/mol. The van der Waals surface area contributed by atoms with Crippen LogP contribution in [0.3, 0.4) is 0 Å². The molecule has 0 aliphatic heterocycles. The second-order valence-corrected chi connectivity index (χ2v) is 13.6. The van der Waals surface area contributed by atoms with Gasteiger partial charge < -0.3 is 4.57 Å². The van der Waals surface area contributed by atoms with Crippen molar-refractivity contribution in [2.45, 2.75) is 5.41 Å². The number of hydrogen-bond acceptors (Lipinski definition) is 1. The summed E-state index contributed by atoms with van der Waals surface area (Å²) in [4.78, 5) is 4.99. The van der Waals surface area contributed by atoms with E-state index >= 15 is 0 Å². The summed E-state index contributed by atoms with van der Waals surface area (Å²) in [5, 5.41) is 2.48. The molecule has 0 bridgehead atoms. The van der Waals surface area contributed by atoms with Gasteiger partial charge in [-0.25, -0.2) is 4.98 Å². The van der Waals surface area contributed by atoms with Crippen molar-refractivity contribution in [2.75, 3.05) is 0 Å². The lowest BCUT2D eigenvalue weighted by Gasteiger charge is -2.34. The van der Waals surface area contributed by atoms with E-state index < -0.39 is 5.41 Å². The molecule has 2 heteroatoms. The highest BCUT2D eigenvalue weighted by molar-refractivity contribution is 6.03. The van der Waals surface area contributed by atoms with Crippen LogP contribution in [0.5, 0.6) is 0 Å². The summed E-state index contributed by atoms with van der Waals surface area (Å²) < 4.78 is 2.19. The molecule has 1 aliphatic rings. The van der Waals surface area contributed by atoms with Crippen molar-refractivity contribution in [1.82, 2.24) is 9.55 Å². The van der Waals surface area contributed by atoms with Crippen LogP contribution in [0.15, 0.2) is 188 Å². The number of aromatic nitrogens is 2. The van der Waals surface area contributed by atoms with Gasteiger partial charge in [-0.2, -0.15) is 0 Å². The molecule has 0 atom stereocenters. The molecule has 0 fully saturated rings. The van der Waals surface area contributed by atoms with E-state index in [1.54, 1.807) is 0 Å². The molecule has 0 saturated heterocycles. The molecule has 0 radical (unpaired) electrons. The molecule has 8 aromatic carbocycles. The number of nitrogens with zero attached hydrogens (tertiary/aromatic N) is 2. The van der Waals surface area contributed by atoms with Gasteiger partial charge in [-0.3, -0.25) is 0 Å². The molecule has 240 valence electrons. The molecule has 1 heterocycles. The Bertz CT molecular complexity index is 2690. The van der Waals surface area contributed by atoms with Crippen LogP contribution < -0.4 is 0 Å². The first-order valence-electron chi connectivity index (χ1n) is 17.6. The number of para-hydroxylation sites is 2. The highest BCUT2D eigenvalue weighted by Gasteiger charge is 2.46. The van der Waals surface area contributed by atoms with Crippen LogP contribution >= 0.6 is 0 Å². The van der Waals surface area contributed by atoms with E-state index in [1.807, 2.05) is 6.07 Å². The molecule has 51 heavy (non-hydrogen) atoms. The molecule has 0 amide bonds. The Balaban J connectivity index is 1.27. The van der Waals surface area contributed by atoms with Crippen molar-refractivity contribution in [2.24, 2.45) is 7.05 Å². The van der Waals surface area contributed by atoms with Crippen LogP contribution in [-0.4, -0.2) is 9.55 Å². The molecule has 0 saturated carbocycles. The summed E-state index contributed by atoms with van der Waals surface area (Å²) >= 11 is 0. The van der Waals surface area contributed by atoms with E-state index in [9.17, 15) is 0 Å². The van der Waals surface area contributed by atoms with E-state index in [1.165, 1.54) is 66.4 Å². The Kier molecular flexibility index (Phi) is 6.65. The maximum Gasteiger partial charge on any atom is 0.140 e. The van der Waals surface area contributed by atoms with Gasteiger partial charge in [-0.15, -0.1) is 0 Å². The molecule has 0 spiro atoms. The third-order valence-electron chi connectivity index (χ3n) is 10.9. The van der Waals surface area contributed by atoms with Gasteiger partial charge >= 0.3 is 0 Å². The minimum absolute atomic E-state index is 0.476. The van der Waals surface area contributed by atoms with E-state index in [4.69, 9.17) is 4.98 Å². The van der Waals surface area contributed by atoms with E-state index in [2.05, 4.69) is 194 Å². The van der Waals surface area contributed by atoms with Gasteiger partial charge in [0.25, 0.3) is 0 Å². The second kappa shape index (κ2) is 11.5. The Morgan fingerprint density at radius 2 is 1.04 bits per heavy atom. The van der Waals surface area contributed by atoms with Crippen molar-refractivity contribution >= 4 is 21.8 Å². The Morgan fingerprint density at radius 1 is 0.431 bits per heavy atom. The van der Waals surface area contributed by atoms with Crippen molar-refractivity contribution < 1.29 is 0 Å². The molecule has 10 rings (SSSR count). The smallest absolute Gasteiger partial charge is 0.140 e. The highest BCUT2D eigenvalue weighted by atomic mass is 15.1. The molecule has 2 nitrogen and oxygen atoms in total. The number of benzene rings is 8. The highest BCUT2D eigenvalue weighted by Crippen LogP contribution is 2.58. The van der Waals surface area contributed by atoms with Crippen LogP contribution in [0.4, 0.5) is 0 Å². The zero-order valence-electron chi connectivity index (χ0n) is 28.3. The summed E-state index contributed by atoms with van der Waals surface area (Å²) in [5.74, 6) is 0.968. The number of hydrogen-bond donors (Lipinski definition) is 0. The summed E-state index contributed by atoms with van der Waals surface area (Å²) in [6.07, 6.45) is 0. The van der Waals surface area contributed by atoms with Crippen molar-refractivity contribution in [1.29, 1.82) is 0 Å². The molecule has 0 unspecified atom stereocenters. The van der Waals surface area contributed by atoms with Crippen LogP contribution in [0, 0.1) is 0 Å². The SMILES string of the molecule is Cn1c(-c2ccc(-c3cc4c(cc3-c3cccc5ccccc35)C(c3ccccc3)(c3ccccc3)c3ccccc3-4)cc2)nc2ccccc21. The molecule has 9 aromatic rings. The molecule has 1 aliphatic carbocycles. The third kappa shape index (κ3) is 4.40. The lowest BCUT2D eigenvalue weighted by Crippen LogP contribution is -2.28. The summed E-state index contributed by atoms with van der Waals surface area (Å²) in [6, 6.07) is 68.9. The summed E-state index contributed by atoms with van der Waals surface area (Å²) in [6.45, 7) is 0. The third-order valence-corrected chi connectivity index (χ3v) is 10.9. The first-order valence-corrected chi connectivity index (χ1v) is 17.6. The van der Waals surface area contributed by atoms with Crippen molar-refractivity contribution in [3.05, 3.63) is 210 Å². The van der Waals surface area contributed by atoms with Gasteiger partial charge in [0.2, 0.25) is 0 Å². The number of rotatable bonds is 5. The van der Waals surface area contributed by atoms with E-state index in [0.29, 0.717) is 0 Å². The first kappa shape index (κ1) is 29.4. The fourth-order valence-electron chi connectivity index (χ4n) is 8.61. The van der Waals surface area contributed by atoms with Crippen LogP contribution in [-0.2, 0) is 12.5 Å². The Labute approximate surface area is 298 Å². The number of aryl methyl sites for hydroxylation is 1. The second-order valence-electron chi connectivity index (χ2n) is 13.6. The van der Waals surface area contributed by atoms with Gasteiger partial charge in [0.1, 0.15) is 5.82 Å². The summed E-state index contributed by atoms with van der Waals surface area (Å²) in [5.41, 5.74) is 15.3. The summed E-state index contributed by atoms with van der Waals surface area (Å²) in [7, 11) is 2.10. The molecular weight excluding hydrogens is 617 g/mol. The standard InChI is InChI=1S/C49H34N2/c1-51-47-26-13-12-25-46(47)50-48(51)35-29-27-34(28-30-35)41-31-43-40-22-10-11-24-44(40)49(36-17-4-2-5-18-36,37-19-6-3-7-20-37)45(43)32-42(41)39-23-14-16-33-15-8-9-21-38(33)39/h2-32H,1H3. The van der Waals surface area contributed by atoms with Gasteiger partial charge in [0, 0.05) is 12.6 Å². The maximum atomic E-state index is 4.99. The molecule has 0 N–H and O–H groups in total. The minimum Gasteiger partial charge on any atom is -0.327 e. The number of imidazole rings is 1. The van der Waals surface area contributed by atoms with Crippen LogP contribution in [0.2, 0.25) is 0 Å². The van der Waals surface area contributed by atoms with Gasteiger partial charge in [0.05, 0.1) is 16.4 Å². The van der Waals surface area contributed by atoms with E-state index in [-0.39, 0.29) is 0 Å². The zero-order valence-corrected chi connectivity index (χ0v) is 28.3. The molecule has 1 aromatic heterocycles. The number of fused-ring (bicyclic) bond motifs is 5. The minimum atomic E-state index is -0.476. The average Bonchev–Trinajstić information content (AvgIpc) is 3.70. The van der Waals surface area contributed by atoms with Gasteiger partial charge in [-0.1, -0.05) is 164 Å². The fourth-order valence-corrected chi connectivity index (χ4v) is 8.61. The van der Waals surface area contributed by atoms with E-state index in [0.717, 1.165) is 22.4 Å². The van der Waals surface area contributed by atoms with Crippen molar-refractivity contribution in [3.8, 4) is 44.8 Å². The van der Waals surface area contributed by atoms with Crippen LogP contribution in [0.25, 0.3) is 66.6 Å². The Morgan fingerprint density at radius 3 is 1.80 bits per heavy atom. The lowest BCUT2D eigenvalue weighted by atomic mass is 9.67. The van der Waals surface area contributed by atoms with Crippen molar-refractivity contribution in [3.63, 3.8) is 0 Å². The van der Waals surface area contributed by atoms with Gasteiger partial charge in [0.15, 0.2) is 0 Å². The fraction of sp³-hybridized carbons (Fsp3) is 0.0408. The predicted octanol–water partition coefficient (Wildman–Crippen LogP) is 12.1. The Hall–Kier alpha value is -6.51. The maximum absolute atomic E-state index is 4.99. The topological polar surface area (TPSA) is 17.8 Å².